The van der Waals surface area contributed by atoms with Gasteiger partial charge < -0.3 is 14.5 Å². The van der Waals surface area contributed by atoms with E-state index >= 15 is 0 Å². The Bertz CT molecular complexity index is 768. The van der Waals surface area contributed by atoms with Crippen LogP contribution in [0.3, 0.4) is 0 Å². The van der Waals surface area contributed by atoms with Crippen LogP contribution in [0, 0.1) is 11.3 Å². The zero-order chi connectivity index (χ0) is 17.5. The molecule has 0 aliphatic rings. The second kappa shape index (κ2) is 8.02. The lowest BCUT2D eigenvalue weighted by Crippen LogP contribution is -2.23. The number of carbonyl (C=O) groups excluding carboxylic acids is 1. The summed E-state index contributed by atoms with van der Waals surface area (Å²) in [6.07, 6.45) is 3.11. The number of ether oxygens (including phenoxy) is 1. The minimum atomic E-state index is -0.434. The fourth-order valence-electron chi connectivity index (χ4n) is 2.28. The van der Waals surface area contributed by atoms with Gasteiger partial charge in [0.2, 0.25) is 0 Å². The van der Waals surface area contributed by atoms with E-state index in [-0.39, 0.29) is 18.0 Å². The lowest BCUT2D eigenvalue weighted by molar-refractivity contribution is -0.117. The molecule has 5 nitrogen and oxygen atoms in total. The fraction of sp³-hybridized carbons (Fsp3) is 0.263. The number of hydrogen-bond donors (Lipinski definition) is 1. The number of carbonyl (C=O) groups is 1. The summed E-state index contributed by atoms with van der Waals surface area (Å²) >= 11 is 0. The van der Waals surface area contributed by atoms with E-state index in [1.807, 2.05) is 24.3 Å². The molecule has 1 heterocycles. The monoisotopic (exact) mass is 324 g/mol. The number of rotatable bonds is 6. The first-order chi connectivity index (χ1) is 11.5. The van der Waals surface area contributed by atoms with E-state index in [1.54, 1.807) is 25.3 Å². The summed E-state index contributed by atoms with van der Waals surface area (Å²) in [4.78, 5) is 12.1. The molecule has 24 heavy (non-hydrogen) atoms. The van der Waals surface area contributed by atoms with Crippen molar-refractivity contribution in [3.05, 3.63) is 59.1 Å². The molecule has 0 atom stereocenters. The fourth-order valence-corrected chi connectivity index (χ4v) is 2.28. The molecule has 1 amide bonds. The van der Waals surface area contributed by atoms with Crippen molar-refractivity contribution in [2.75, 3.05) is 7.11 Å². The van der Waals surface area contributed by atoms with Crippen LogP contribution in [0.2, 0.25) is 0 Å². The average Bonchev–Trinajstić information content (AvgIpc) is 3.10. The smallest absolute Gasteiger partial charge is 0.262 e. The van der Waals surface area contributed by atoms with Crippen molar-refractivity contribution in [3.63, 3.8) is 0 Å². The van der Waals surface area contributed by atoms with Crippen LogP contribution in [-0.4, -0.2) is 13.0 Å². The second-order valence-corrected chi connectivity index (χ2v) is 5.59. The van der Waals surface area contributed by atoms with Crippen LogP contribution in [0.1, 0.15) is 36.7 Å². The quantitative estimate of drug-likeness (QED) is 0.650. The summed E-state index contributed by atoms with van der Waals surface area (Å²) in [5.41, 5.74) is 1.85. The van der Waals surface area contributed by atoms with Crippen LogP contribution in [-0.2, 0) is 11.3 Å². The molecule has 0 saturated carbocycles. The van der Waals surface area contributed by atoms with Crippen molar-refractivity contribution in [2.24, 2.45) is 0 Å². The Morgan fingerprint density at radius 2 is 2.21 bits per heavy atom. The van der Waals surface area contributed by atoms with E-state index in [0.29, 0.717) is 5.76 Å². The SMILES string of the molecule is COc1ccc(/C=C(\C#N)C(=O)NCc2ccco2)cc1C(C)C. The summed E-state index contributed by atoms with van der Waals surface area (Å²) < 4.78 is 10.5. The second-order valence-electron chi connectivity index (χ2n) is 5.59. The van der Waals surface area contributed by atoms with Gasteiger partial charge in [-0.15, -0.1) is 0 Å². The first kappa shape index (κ1) is 17.4. The molecule has 2 rings (SSSR count). The molecule has 1 aromatic heterocycles. The minimum absolute atomic E-state index is 0.0430. The van der Waals surface area contributed by atoms with E-state index in [1.165, 1.54) is 6.26 Å². The van der Waals surface area contributed by atoms with Gasteiger partial charge >= 0.3 is 0 Å². The molecule has 1 N–H and O–H groups in total. The molecule has 0 fully saturated rings. The highest BCUT2D eigenvalue weighted by atomic mass is 16.5. The summed E-state index contributed by atoms with van der Waals surface area (Å²) in [6, 6.07) is 11.0. The van der Waals surface area contributed by atoms with Crippen LogP contribution in [0.5, 0.6) is 5.75 Å². The predicted octanol–water partition coefficient (Wildman–Crippen LogP) is 3.63. The van der Waals surface area contributed by atoms with Crippen molar-refractivity contribution in [3.8, 4) is 11.8 Å². The standard InChI is InChI=1S/C19H20N2O3/c1-13(2)17-10-14(6-7-18(17)23-3)9-15(11-20)19(22)21-12-16-5-4-8-24-16/h4-10,13H,12H2,1-3H3,(H,21,22)/b15-9+. The summed E-state index contributed by atoms with van der Waals surface area (Å²) in [7, 11) is 1.62. The van der Waals surface area contributed by atoms with Gasteiger partial charge in [0, 0.05) is 0 Å². The lowest BCUT2D eigenvalue weighted by atomic mass is 9.98. The predicted molar refractivity (Wildman–Crippen MR) is 91.2 cm³/mol. The van der Waals surface area contributed by atoms with Crippen LogP contribution in [0.25, 0.3) is 6.08 Å². The highest BCUT2D eigenvalue weighted by Crippen LogP contribution is 2.28. The highest BCUT2D eigenvalue weighted by molar-refractivity contribution is 6.01. The van der Waals surface area contributed by atoms with E-state index < -0.39 is 5.91 Å². The van der Waals surface area contributed by atoms with Crippen LogP contribution < -0.4 is 10.1 Å². The normalized spacial score (nSPS) is 11.2. The largest absolute Gasteiger partial charge is 0.496 e. The van der Waals surface area contributed by atoms with Crippen molar-refractivity contribution < 1.29 is 13.9 Å². The number of nitriles is 1. The maximum Gasteiger partial charge on any atom is 0.262 e. The first-order valence-electron chi connectivity index (χ1n) is 7.65. The van der Waals surface area contributed by atoms with Crippen molar-refractivity contribution >= 4 is 12.0 Å². The maximum atomic E-state index is 12.1. The molecule has 0 aliphatic heterocycles. The molecule has 1 aromatic carbocycles. The zero-order valence-electron chi connectivity index (χ0n) is 14.0. The molecule has 0 radical (unpaired) electrons. The molecule has 0 spiro atoms. The Labute approximate surface area is 141 Å². The number of amides is 1. The molecule has 0 bridgehead atoms. The van der Waals surface area contributed by atoms with Gasteiger partial charge in [-0.2, -0.15) is 5.26 Å². The Balaban J connectivity index is 2.18. The first-order valence-corrected chi connectivity index (χ1v) is 7.65. The average molecular weight is 324 g/mol. The summed E-state index contributed by atoms with van der Waals surface area (Å²) in [5, 5.41) is 11.9. The van der Waals surface area contributed by atoms with E-state index in [0.717, 1.165) is 16.9 Å². The topological polar surface area (TPSA) is 75.3 Å². The third-order valence-corrected chi connectivity index (χ3v) is 3.56. The van der Waals surface area contributed by atoms with Crippen molar-refractivity contribution in [1.82, 2.24) is 5.32 Å². The third-order valence-electron chi connectivity index (χ3n) is 3.56. The Morgan fingerprint density at radius 1 is 1.42 bits per heavy atom. The van der Waals surface area contributed by atoms with Gasteiger partial charge in [-0.25, -0.2) is 0 Å². The Kier molecular flexibility index (Phi) is 5.80. The molecular weight excluding hydrogens is 304 g/mol. The van der Waals surface area contributed by atoms with Crippen molar-refractivity contribution in [1.29, 1.82) is 5.26 Å². The summed E-state index contributed by atoms with van der Waals surface area (Å²) in [6.45, 7) is 4.37. The number of nitrogens with one attached hydrogen (secondary N) is 1. The molecule has 2 aromatic rings. The molecule has 0 aliphatic carbocycles. The van der Waals surface area contributed by atoms with E-state index in [4.69, 9.17) is 9.15 Å². The number of furan rings is 1. The zero-order valence-corrected chi connectivity index (χ0v) is 14.0. The third kappa shape index (κ3) is 4.26. The number of hydrogen-bond acceptors (Lipinski definition) is 4. The van der Waals surface area contributed by atoms with Gasteiger partial charge in [0.1, 0.15) is 23.2 Å². The minimum Gasteiger partial charge on any atom is -0.496 e. The van der Waals surface area contributed by atoms with Crippen LogP contribution in [0.4, 0.5) is 0 Å². The Hall–Kier alpha value is -3.00. The number of nitrogens with zero attached hydrogens (tertiary/aromatic N) is 1. The van der Waals surface area contributed by atoms with Gasteiger partial charge in [-0.1, -0.05) is 19.9 Å². The number of benzene rings is 1. The van der Waals surface area contributed by atoms with Gasteiger partial charge in [0.05, 0.1) is 19.9 Å². The van der Waals surface area contributed by atoms with E-state index in [2.05, 4.69) is 19.2 Å². The van der Waals surface area contributed by atoms with Gasteiger partial charge in [0.15, 0.2) is 0 Å². The van der Waals surface area contributed by atoms with E-state index in [9.17, 15) is 10.1 Å². The van der Waals surface area contributed by atoms with Crippen LogP contribution >= 0.6 is 0 Å². The lowest BCUT2D eigenvalue weighted by Gasteiger charge is -2.12. The van der Waals surface area contributed by atoms with Crippen molar-refractivity contribution in [2.45, 2.75) is 26.3 Å². The highest BCUT2D eigenvalue weighted by Gasteiger charge is 2.12. The van der Waals surface area contributed by atoms with Gasteiger partial charge in [0.25, 0.3) is 5.91 Å². The molecular formula is C19H20N2O3. The number of methoxy groups -OCH3 is 1. The maximum absolute atomic E-state index is 12.1. The summed E-state index contributed by atoms with van der Waals surface area (Å²) in [5.74, 6) is 1.26. The molecule has 0 saturated heterocycles. The van der Waals surface area contributed by atoms with Crippen LogP contribution in [0.15, 0.2) is 46.6 Å². The Morgan fingerprint density at radius 3 is 2.79 bits per heavy atom. The van der Waals surface area contributed by atoms with Gasteiger partial charge in [-0.05, 0) is 47.4 Å². The molecule has 5 heteroatoms. The molecule has 0 unspecified atom stereocenters. The van der Waals surface area contributed by atoms with Gasteiger partial charge in [-0.3, -0.25) is 4.79 Å². The molecule has 124 valence electrons.